The van der Waals surface area contributed by atoms with Gasteiger partial charge in [-0.15, -0.1) is 0 Å². The Morgan fingerprint density at radius 1 is 1.24 bits per heavy atom. The van der Waals surface area contributed by atoms with Gasteiger partial charge in [0.25, 0.3) is 0 Å². The van der Waals surface area contributed by atoms with Gasteiger partial charge in [0.2, 0.25) is 0 Å². The van der Waals surface area contributed by atoms with E-state index in [-0.39, 0.29) is 6.10 Å². The number of hydrogen-bond donors (Lipinski definition) is 1. The summed E-state index contributed by atoms with van der Waals surface area (Å²) < 4.78 is 10.8. The summed E-state index contributed by atoms with van der Waals surface area (Å²) in [6, 6.07) is 7.78. The van der Waals surface area contributed by atoms with Crippen molar-refractivity contribution in [2.24, 2.45) is 0 Å². The molecule has 0 fully saturated rings. The molecule has 1 aromatic rings. The van der Waals surface area contributed by atoms with Crippen molar-refractivity contribution in [2.75, 3.05) is 33.9 Å². The van der Waals surface area contributed by atoms with Crippen molar-refractivity contribution in [3.05, 3.63) is 34.9 Å². The second kappa shape index (κ2) is 8.48. The molecule has 0 amide bonds. The molecule has 1 unspecified atom stereocenters. The zero-order valence-corrected chi connectivity index (χ0v) is 11.2. The van der Waals surface area contributed by atoms with Crippen LogP contribution >= 0.6 is 11.6 Å². The maximum Gasteiger partial charge on any atom is 0.0949 e. The molecule has 0 spiro atoms. The lowest BCUT2D eigenvalue weighted by Crippen LogP contribution is -2.20. The molecule has 1 rings (SSSR count). The van der Waals surface area contributed by atoms with Gasteiger partial charge in [-0.3, -0.25) is 0 Å². The molecule has 17 heavy (non-hydrogen) atoms. The van der Waals surface area contributed by atoms with E-state index < -0.39 is 0 Å². The largest absolute Gasteiger partial charge is 0.385 e. The lowest BCUT2D eigenvalue weighted by molar-refractivity contribution is 0.0399. The van der Waals surface area contributed by atoms with Gasteiger partial charge in [0.15, 0.2) is 0 Å². The topological polar surface area (TPSA) is 30.5 Å². The molecule has 0 aliphatic rings. The highest BCUT2D eigenvalue weighted by atomic mass is 35.5. The van der Waals surface area contributed by atoms with Crippen LogP contribution in [0.4, 0.5) is 0 Å². The van der Waals surface area contributed by atoms with E-state index in [9.17, 15) is 0 Å². The highest BCUT2D eigenvalue weighted by Crippen LogP contribution is 2.19. The standard InChI is InChI=1S/C13H20ClNO2/c1-15-10-13(17-9-3-8-16-2)11-4-6-12(14)7-5-11/h4-7,13,15H,3,8-10H2,1-2H3. The summed E-state index contributed by atoms with van der Waals surface area (Å²) >= 11 is 5.87. The molecule has 4 heteroatoms. The number of methoxy groups -OCH3 is 1. The molecule has 0 aliphatic carbocycles. The SMILES string of the molecule is CNCC(OCCCOC)c1ccc(Cl)cc1. The van der Waals surface area contributed by atoms with E-state index in [0.717, 1.165) is 30.2 Å². The van der Waals surface area contributed by atoms with Crippen molar-refractivity contribution in [1.82, 2.24) is 5.32 Å². The molecule has 0 saturated carbocycles. The minimum atomic E-state index is 0.0640. The van der Waals surface area contributed by atoms with Gasteiger partial charge in [-0.2, -0.15) is 0 Å². The molecule has 96 valence electrons. The van der Waals surface area contributed by atoms with Crippen molar-refractivity contribution < 1.29 is 9.47 Å². The first-order valence-corrected chi connectivity index (χ1v) is 6.16. The van der Waals surface area contributed by atoms with Crippen LogP contribution in [0.15, 0.2) is 24.3 Å². The molecule has 3 nitrogen and oxygen atoms in total. The smallest absolute Gasteiger partial charge is 0.0949 e. The van der Waals surface area contributed by atoms with Gasteiger partial charge in [0, 0.05) is 31.9 Å². The van der Waals surface area contributed by atoms with Gasteiger partial charge in [-0.25, -0.2) is 0 Å². The molecule has 0 heterocycles. The van der Waals surface area contributed by atoms with Crippen molar-refractivity contribution in [3.8, 4) is 0 Å². The quantitative estimate of drug-likeness (QED) is 0.727. The van der Waals surface area contributed by atoms with Crippen molar-refractivity contribution in [3.63, 3.8) is 0 Å². The number of hydrogen-bond acceptors (Lipinski definition) is 3. The Kier molecular flexibility index (Phi) is 7.21. The van der Waals surface area contributed by atoms with Crippen LogP contribution < -0.4 is 5.32 Å². The minimum Gasteiger partial charge on any atom is -0.385 e. The molecule has 0 aliphatic heterocycles. The Labute approximate surface area is 108 Å². The van der Waals surface area contributed by atoms with Crippen molar-refractivity contribution >= 4 is 11.6 Å². The summed E-state index contributed by atoms with van der Waals surface area (Å²) in [5.74, 6) is 0. The third kappa shape index (κ3) is 5.50. The second-order valence-corrected chi connectivity index (χ2v) is 4.25. The molecule has 0 bridgehead atoms. The van der Waals surface area contributed by atoms with E-state index in [1.807, 2.05) is 31.3 Å². The van der Waals surface area contributed by atoms with Gasteiger partial charge >= 0.3 is 0 Å². The number of benzene rings is 1. The van der Waals surface area contributed by atoms with E-state index >= 15 is 0 Å². The third-order valence-corrected chi connectivity index (χ3v) is 2.70. The van der Waals surface area contributed by atoms with Gasteiger partial charge in [-0.1, -0.05) is 23.7 Å². The predicted octanol–water partition coefficient (Wildman–Crippen LogP) is 2.65. The van der Waals surface area contributed by atoms with Crippen molar-refractivity contribution in [1.29, 1.82) is 0 Å². The zero-order valence-electron chi connectivity index (χ0n) is 10.4. The van der Waals surface area contributed by atoms with Crippen LogP contribution in [0.2, 0.25) is 5.02 Å². The average molecular weight is 258 g/mol. The van der Waals surface area contributed by atoms with Crippen molar-refractivity contribution in [2.45, 2.75) is 12.5 Å². The van der Waals surface area contributed by atoms with E-state index in [4.69, 9.17) is 21.1 Å². The fraction of sp³-hybridized carbons (Fsp3) is 0.538. The average Bonchev–Trinajstić information content (AvgIpc) is 2.34. The number of likely N-dealkylation sites (N-methyl/N-ethyl adjacent to an activating group) is 1. The lowest BCUT2D eigenvalue weighted by Gasteiger charge is -2.18. The number of ether oxygens (including phenoxy) is 2. The van der Waals surface area contributed by atoms with Crippen LogP contribution in [0.1, 0.15) is 18.1 Å². The first kappa shape index (κ1) is 14.5. The zero-order chi connectivity index (χ0) is 12.5. The van der Waals surface area contributed by atoms with Gasteiger partial charge in [-0.05, 0) is 31.2 Å². The summed E-state index contributed by atoms with van der Waals surface area (Å²) in [7, 11) is 3.62. The maximum absolute atomic E-state index is 5.87. The van der Waals surface area contributed by atoms with Crippen LogP contribution in [0.3, 0.4) is 0 Å². The number of halogens is 1. The monoisotopic (exact) mass is 257 g/mol. The Morgan fingerprint density at radius 2 is 1.94 bits per heavy atom. The van der Waals surface area contributed by atoms with E-state index in [1.54, 1.807) is 7.11 Å². The maximum atomic E-state index is 5.87. The normalized spacial score (nSPS) is 12.6. The number of rotatable bonds is 8. The fourth-order valence-corrected chi connectivity index (χ4v) is 1.69. The Bertz CT molecular complexity index is 303. The fourth-order valence-electron chi connectivity index (χ4n) is 1.56. The first-order chi connectivity index (χ1) is 8.27. The first-order valence-electron chi connectivity index (χ1n) is 5.78. The van der Waals surface area contributed by atoms with E-state index in [0.29, 0.717) is 6.61 Å². The Hall–Kier alpha value is -0.610. The van der Waals surface area contributed by atoms with Crippen LogP contribution in [-0.2, 0) is 9.47 Å². The van der Waals surface area contributed by atoms with E-state index in [1.165, 1.54) is 0 Å². The molecular formula is C13H20ClNO2. The van der Waals surface area contributed by atoms with Crippen LogP contribution in [0, 0.1) is 0 Å². The summed E-state index contributed by atoms with van der Waals surface area (Å²) in [6.45, 7) is 2.21. The van der Waals surface area contributed by atoms with Gasteiger partial charge in [0.05, 0.1) is 6.10 Å². The molecule has 1 atom stereocenters. The molecule has 1 N–H and O–H groups in total. The van der Waals surface area contributed by atoms with Gasteiger partial charge < -0.3 is 14.8 Å². The Balaban J connectivity index is 2.49. The minimum absolute atomic E-state index is 0.0640. The lowest BCUT2D eigenvalue weighted by atomic mass is 10.1. The van der Waals surface area contributed by atoms with E-state index in [2.05, 4.69) is 5.32 Å². The molecule has 1 aromatic carbocycles. The van der Waals surface area contributed by atoms with Crippen LogP contribution in [-0.4, -0.2) is 33.9 Å². The molecule has 0 aromatic heterocycles. The molecule has 0 radical (unpaired) electrons. The third-order valence-electron chi connectivity index (χ3n) is 2.44. The number of nitrogens with one attached hydrogen (secondary N) is 1. The predicted molar refractivity (Wildman–Crippen MR) is 70.6 cm³/mol. The summed E-state index contributed by atoms with van der Waals surface area (Å²) in [4.78, 5) is 0. The summed E-state index contributed by atoms with van der Waals surface area (Å²) in [6.07, 6.45) is 0.971. The molecule has 0 saturated heterocycles. The second-order valence-electron chi connectivity index (χ2n) is 3.82. The highest BCUT2D eigenvalue weighted by Gasteiger charge is 2.10. The van der Waals surface area contributed by atoms with Crippen LogP contribution in [0.5, 0.6) is 0 Å². The van der Waals surface area contributed by atoms with Gasteiger partial charge in [0.1, 0.15) is 0 Å². The van der Waals surface area contributed by atoms with Crippen LogP contribution in [0.25, 0.3) is 0 Å². The summed E-state index contributed by atoms with van der Waals surface area (Å²) in [5, 5.41) is 3.88. The highest BCUT2D eigenvalue weighted by molar-refractivity contribution is 6.30. The summed E-state index contributed by atoms with van der Waals surface area (Å²) in [5.41, 5.74) is 1.14. The molecular weight excluding hydrogens is 238 g/mol. The Morgan fingerprint density at radius 3 is 2.53 bits per heavy atom.